The third kappa shape index (κ3) is 10.2. The van der Waals surface area contributed by atoms with Gasteiger partial charge in [-0.25, -0.2) is 4.79 Å². The van der Waals surface area contributed by atoms with Crippen molar-refractivity contribution in [1.82, 2.24) is 15.5 Å². The van der Waals surface area contributed by atoms with Gasteiger partial charge in [0, 0.05) is 31.1 Å². The van der Waals surface area contributed by atoms with Crippen molar-refractivity contribution in [2.75, 3.05) is 37.5 Å². The second-order valence-electron chi connectivity index (χ2n) is 11.0. The minimum Gasteiger partial charge on any atom is -0.497 e. The molecule has 1 unspecified atom stereocenters. The maximum absolute atomic E-state index is 13.3. The second-order valence-corrected chi connectivity index (χ2v) is 13.3. The van der Waals surface area contributed by atoms with Crippen molar-refractivity contribution in [2.45, 2.75) is 76.3 Å². The summed E-state index contributed by atoms with van der Waals surface area (Å²) in [5, 5.41) is 5.53. The van der Waals surface area contributed by atoms with Crippen molar-refractivity contribution in [3.63, 3.8) is 0 Å². The van der Waals surface area contributed by atoms with Gasteiger partial charge >= 0.3 is 6.09 Å². The van der Waals surface area contributed by atoms with E-state index in [2.05, 4.69) is 10.6 Å². The molecule has 1 aliphatic heterocycles. The molecule has 2 N–H and O–H groups in total. The molecule has 2 aliphatic rings. The molecule has 0 radical (unpaired) electrons. The minimum absolute atomic E-state index is 0.199. The van der Waals surface area contributed by atoms with Gasteiger partial charge in [0.1, 0.15) is 22.6 Å². The maximum atomic E-state index is 13.3. The predicted octanol–water partition coefficient (Wildman–Crippen LogP) is 4.46. The van der Waals surface area contributed by atoms with Gasteiger partial charge in [0.25, 0.3) is 0 Å². The molecule has 212 valence electrons. The SMILES string of the molecule is COc1ccc(CNC(=O)[C@H](CSCC2CCCCC2)NC(=O)C2CN(C(=O)OC(C)(C)C)CCS2)cc1. The molecule has 2 fully saturated rings. The summed E-state index contributed by atoms with van der Waals surface area (Å²) >= 11 is 3.25. The lowest BCUT2D eigenvalue weighted by Gasteiger charge is -2.33. The normalized spacial score (nSPS) is 19.4. The standard InChI is InChI=1S/C28H43N3O5S2/c1-28(2,3)36-27(34)31-14-15-38-24(17-31)26(33)30-23(19-37-18-21-8-6-5-7-9-21)25(32)29-16-20-10-12-22(35-4)13-11-20/h10-13,21,23-24H,5-9,14-19H2,1-4H3,(H,29,32)(H,30,33)/t23-,24?/m0/s1. The number of nitrogens with one attached hydrogen (secondary N) is 2. The van der Waals surface area contributed by atoms with Gasteiger partial charge in [0.2, 0.25) is 11.8 Å². The third-order valence-electron chi connectivity index (χ3n) is 6.63. The number of hydrogen-bond donors (Lipinski definition) is 2. The van der Waals surface area contributed by atoms with Crippen LogP contribution in [0.5, 0.6) is 5.75 Å². The summed E-state index contributed by atoms with van der Waals surface area (Å²) in [7, 11) is 1.62. The van der Waals surface area contributed by atoms with Crippen molar-refractivity contribution < 1.29 is 23.9 Å². The highest BCUT2D eigenvalue weighted by Gasteiger charge is 2.33. The maximum Gasteiger partial charge on any atom is 0.410 e. The molecule has 3 amide bonds. The molecule has 0 aromatic heterocycles. The smallest absolute Gasteiger partial charge is 0.410 e. The number of hydrogen-bond acceptors (Lipinski definition) is 7. The number of rotatable bonds is 10. The summed E-state index contributed by atoms with van der Waals surface area (Å²) in [4.78, 5) is 40.6. The fourth-order valence-electron chi connectivity index (χ4n) is 4.51. The first-order valence-electron chi connectivity index (χ1n) is 13.5. The zero-order valence-electron chi connectivity index (χ0n) is 23.1. The Bertz CT molecular complexity index is 916. The van der Waals surface area contributed by atoms with Crippen LogP contribution in [0, 0.1) is 5.92 Å². The van der Waals surface area contributed by atoms with Crippen LogP contribution in [0.2, 0.25) is 0 Å². The predicted molar refractivity (Wildman–Crippen MR) is 155 cm³/mol. The quantitative estimate of drug-likeness (QED) is 0.432. The Morgan fingerprint density at radius 2 is 1.84 bits per heavy atom. The van der Waals surface area contributed by atoms with E-state index >= 15 is 0 Å². The van der Waals surface area contributed by atoms with Gasteiger partial charge in [0.15, 0.2) is 0 Å². The average Bonchev–Trinajstić information content (AvgIpc) is 2.91. The van der Waals surface area contributed by atoms with E-state index in [0.29, 0.717) is 30.5 Å². The molecular weight excluding hydrogens is 522 g/mol. The topological polar surface area (TPSA) is 97.0 Å². The van der Waals surface area contributed by atoms with Crippen LogP contribution in [0.1, 0.15) is 58.4 Å². The lowest BCUT2D eigenvalue weighted by molar-refractivity contribution is -0.128. The molecule has 1 saturated heterocycles. The minimum atomic E-state index is -0.646. The second kappa shape index (κ2) is 14.9. The lowest BCUT2D eigenvalue weighted by Crippen LogP contribution is -2.54. The van der Waals surface area contributed by atoms with Gasteiger partial charge in [-0.2, -0.15) is 11.8 Å². The monoisotopic (exact) mass is 565 g/mol. The molecule has 1 aliphatic carbocycles. The third-order valence-corrected chi connectivity index (χ3v) is 9.09. The van der Waals surface area contributed by atoms with Crippen molar-refractivity contribution in [1.29, 1.82) is 0 Å². The first kappa shape index (κ1) is 30.5. The Labute approximate surface area is 235 Å². The lowest BCUT2D eigenvalue weighted by atomic mass is 9.91. The summed E-state index contributed by atoms with van der Waals surface area (Å²) < 4.78 is 10.7. The molecule has 8 nitrogen and oxygen atoms in total. The Hall–Kier alpha value is -2.07. The Morgan fingerprint density at radius 1 is 1.13 bits per heavy atom. The fourth-order valence-corrected chi connectivity index (χ4v) is 6.90. The van der Waals surface area contributed by atoms with Crippen LogP contribution in [0.25, 0.3) is 0 Å². The summed E-state index contributed by atoms with van der Waals surface area (Å²) in [5.41, 5.74) is 0.358. The highest BCUT2D eigenvalue weighted by Crippen LogP contribution is 2.27. The van der Waals surface area contributed by atoms with E-state index in [1.54, 1.807) is 23.8 Å². The van der Waals surface area contributed by atoms with Crippen LogP contribution >= 0.6 is 23.5 Å². The van der Waals surface area contributed by atoms with E-state index in [1.165, 1.54) is 43.9 Å². The van der Waals surface area contributed by atoms with Crippen molar-refractivity contribution in [2.24, 2.45) is 5.92 Å². The number of carbonyl (C=O) groups is 3. The van der Waals surface area contributed by atoms with Crippen LogP contribution < -0.4 is 15.4 Å². The molecule has 0 spiro atoms. The van der Waals surface area contributed by atoms with Gasteiger partial charge in [-0.15, -0.1) is 11.8 Å². The number of carbonyl (C=O) groups excluding carboxylic acids is 3. The molecule has 2 atom stereocenters. The number of benzene rings is 1. The molecule has 10 heteroatoms. The van der Waals surface area contributed by atoms with Crippen LogP contribution in [0.4, 0.5) is 4.79 Å². The number of nitrogens with zero attached hydrogens (tertiary/aromatic N) is 1. The van der Waals surface area contributed by atoms with Crippen LogP contribution in [-0.2, 0) is 20.9 Å². The molecule has 1 aromatic rings. The molecule has 0 bridgehead atoms. The Balaban J connectivity index is 1.58. The van der Waals surface area contributed by atoms with E-state index in [4.69, 9.17) is 9.47 Å². The van der Waals surface area contributed by atoms with Crippen molar-refractivity contribution >= 4 is 41.4 Å². The molecule has 38 heavy (non-hydrogen) atoms. The van der Waals surface area contributed by atoms with E-state index in [9.17, 15) is 14.4 Å². The summed E-state index contributed by atoms with van der Waals surface area (Å²) in [6.45, 7) is 6.65. The largest absolute Gasteiger partial charge is 0.497 e. The first-order valence-corrected chi connectivity index (χ1v) is 15.7. The molecule has 1 heterocycles. The van der Waals surface area contributed by atoms with Crippen molar-refractivity contribution in [3.05, 3.63) is 29.8 Å². The van der Waals surface area contributed by atoms with Gasteiger partial charge in [-0.05, 0) is 63.0 Å². The van der Waals surface area contributed by atoms with Crippen LogP contribution in [0.3, 0.4) is 0 Å². The van der Waals surface area contributed by atoms with Crippen LogP contribution in [-0.4, -0.2) is 77.2 Å². The number of ether oxygens (including phenoxy) is 2. The first-order chi connectivity index (χ1) is 18.1. The highest BCUT2D eigenvalue weighted by molar-refractivity contribution is 8.00. The van der Waals surface area contributed by atoms with Gasteiger partial charge in [0.05, 0.1) is 7.11 Å². The summed E-state index contributed by atoms with van der Waals surface area (Å²) in [6.07, 6.45) is 5.95. The van der Waals surface area contributed by atoms with Gasteiger partial charge in [-0.1, -0.05) is 31.4 Å². The molecule has 1 aromatic carbocycles. The number of thioether (sulfide) groups is 2. The molecular formula is C28H43N3O5S2. The van der Waals surface area contributed by atoms with E-state index in [1.807, 2.05) is 45.0 Å². The highest BCUT2D eigenvalue weighted by atomic mass is 32.2. The van der Waals surface area contributed by atoms with Crippen LogP contribution in [0.15, 0.2) is 24.3 Å². The van der Waals surface area contributed by atoms with Gasteiger partial charge < -0.3 is 25.0 Å². The van der Waals surface area contributed by atoms with E-state index < -0.39 is 23.0 Å². The Kier molecular flexibility index (Phi) is 12.0. The fraction of sp³-hybridized carbons (Fsp3) is 0.679. The number of amides is 3. The average molecular weight is 566 g/mol. The van der Waals surface area contributed by atoms with E-state index in [0.717, 1.165) is 17.1 Å². The zero-order valence-corrected chi connectivity index (χ0v) is 24.8. The van der Waals surface area contributed by atoms with Crippen molar-refractivity contribution in [3.8, 4) is 5.75 Å². The molecule has 1 saturated carbocycles. The Morgan fingerprint density at radius 3 is 2.50 bits per heavy atom. The molecule has 3 rings (SSSR count). The zero-order chi connectivity index (χ0) is 27.5. The van der Waals surface area contributed by atoms with E-state index in [-0.39, 0.29) is 18.4 Å². The van der Waals surface area contributed by atoms with Gasteiger partial charge in [-0.3, -0.25) is 9.59 Å². The summed E-state index contributed by atoms with van der Waals surface area (Å²) in [6, 6.07) is 6.89. The summed E-state index contributed by atoms with van der Waals surface area (Å²) in [5.74, 6) is 3.19. The number of methoxy groups -OCH3 is 1.